The molecule has 17 heteroatoms. The fourth-order valence-electron chi connectivity index (χ4n) is 6.91. The van der Waals surface area contributed by atoms with Crippen LogP contribution < -0.4 is 28.9 Å². The largest absolute Gasteiger partial charge is 2.00 e. The van der Waals surface area contributed by atoms with Crippen molar-refractivity contribution in [3.05, 3.63) is 72.8 Å². The van der Waals surface area contributed by atoms with Gasteiger partial charge in [-0.25, -0.2) is 9.97 Å². The zero-order valence-corrected chi connectivity index (χ0v) is 34.7. The van der Waals surface area contributed by atoms with Crippen LogP contribution in [0.25, 0.3) is 89.7 Å². The Morgan fingerprint density at radius 2 is 0.656 bits per heavy atom. The third-order valence-electron chi connectivity index (χ3n) is 9.81. The van der Waals surface area contributed by atoms with Crippen LogP contribution >= 0.6 is 0 Å². The predicted octanol–water partition coefficient (Wildman–Crippen LogP) is 6.23. The average molecular weight is 872 g/mol. The third kappa shape index (κ3) is 8.57. The fraction of sp³-hybridized carbons (Fsp3) is 0.273. The van der Waals surface area contributed by atoms with E-state index in [-0.39, 0.29) is 17.1 Å². The number of methoxy groups -OCH3 is 4. The molecule has 61 heavy (non-hydrogen) atoms. The normalized spacial score (nSPS) is 11.6. The summed E-state index contributed by atoms with van der Waals surface area (Å²) in [5.41, 5.74) is 4.49. The van der Waals surface area contributed by atoms with Crippen LogP contribution in [0.4, 0.5) is 0 Å². The van der Waals surface area contributed by atoms with Crippen molar-refractivity contribution in [2.24, 2.45) is 0 Å². The van der Waals surface area contributed by atoms with E-state index >= 15 is 0 Å². The first-order valence-corrected chi connectivity index (χ1v) is 19.3. The van der Waals surface area contributed by atoms with Gasteiger partial charge in [0.2, 0.25) is 0 Å². The smallest absolute Gasteiger partial charge is 0.491 e. The summed E-state index contributed by atoms with van der Waals surface area (Å²) < 4.78 is 44.9. The van der Waals surface area contributed by atoms with E-state index in [4.69, 9.17) is 77.8 Å². The predicted molar refractivity (Wildman–Crippen MR) is 223 cm³/mol. The van der Waals surface area contributed by atoms with Gasteiger partial charge in [-0.05, 0) is 94.3 Å². The second kappa shape index (κ2) is 18.6. The van der Waals surface area contributed by atoms with Crippen molar-refractivity contribution in [3.8, 4) is 68.5 Å². The monoisotopic (exact) mass is 871 g/mol. The summed E-state index contributed by atoms with van der Waals surface area (Å²) in [7, 11) is 6.52. The van der Waals surface area contributed by atoms with Crippen molar-refractivity contribution >= 4 is 44.1 Å². The van der Waals surface area contributed by atoms with Gasteiger partial charge in [-0.15, -0.1) is 0 Å². The summed E-state index contributed by atoms with van der Waals surface area (Å²) in [5, 5.41) is 2.90. The van der Waals surface area contributed by atoms with Crippen molar-refractivity contribution in [2.45, 2.75) is 0 Å². The number of ether oxygens (including phenoxy) is 8. The number of benzene rings is 4. The van der Waals surface area contributed by atoms with Gasteiger partial charge < -0.3 is 67.8 Å². The zero-order chi connectivity index (χ0) is 41.0. The quantitative estimate of drug-likeness (QED) is 0.0788. The topological polar surface area (TPSA) is 179 Å². The van der Waals surface area contributed by atoms with Crippen molar-refractivity contribution in [3.63, 3.8) is 0 Å². The molecule has 0 spiro atoms. The second-order valence-corrected chi connectivity index (χ2v) is 13.7. The van der Waals surface area contributed by atoms with Gasteiger partial charge in [0.15, 0.2) is 0 Å². The Balaban J connectivity index is 0.00000514. The first-order chi connectivity index (χ1) is 29.5. The van der Waals surface area contributed by atoms with E-state index < -0.39 is 0 Å². The first-order valence-electron chi connectivity index (χ1n) is 19.3. The van der Waals surface area contributed by atoms with E-state index in [1.165, 1.54) is 0 Å². The summed E-state index contributed by atoms with van der Waals surface area (Å²) >= 11 is 0. The summed E-state index contributed by atoms with van der Waals surface area (Å²) in [6.45, 7) is 3.20. The van der Waals surface area contributed by atoms with E-state index in [0.717, 1.165) is 21.9 Å². The van der Waals surface area contributed by atoms with Crippen LogP contribution in [0.1, 0.15) is 0 Å². The van der Waals surface area contributed by atoms with Crippen LogP contribution in [-0.2, 0) is 36.0 Å². The molecule has 3 aromatic heterocycles. The molecule has 0 amide bonds. The van der Waals surface area contributed by atoms with Gasteiger partial charge in [-0.2, -0.15) is 0 Å². The Morgan fingerprint density at radius 1 is 0.344 bits per heavy atom. The van der Waals surface area contributed by atoms with E-state index in [1.807, 2.05) is 72.8 Å². The molecule has 0 unspecified atom stereocenters. The van der Waals surface area contributed by atoms with Gasteiger partial charge in [0.25, 0.3) is 0 Å². The molecular formula is C44H40CuN8O8. The fourth-order valence-corrected chi connectivity index (χ4v) is 6.91. The SMILES string of the molecule is COCCOc1ccc2c(c1)-c1nc-2nc2[n-]c(nc3nc(nc4[n-]c(n1)c1ccc(OCCOC)cc41)-c1ccc(OCCOC)cc1-3)c1ccc(OCCOC)cc21.[Cu+2]. The molecule has 9 rings (SSSR count). The zero-order valence-electron chi connectivity index (χ0n) is 33.7. The maximum Gasteiger partial charge on any atom is 2.00 e. The van der Waals surface area contributed by atoms with Gasteiger partial charge in [0.1, 0.15) is 49.4 Å². The summed E-state index contributed by atoms with van der Waals surface area (Å²) in [4.78, 5) is 40.4. The maximum absolute atomic E-state index is 6.02. The molecule has 0 saturated carbocycles. The molecule has 0 aliphatic carbocycles. The Kier molecular flexibility index (Phi) is 12.7. The van der Waals surface area contributed by atoms with Gasteiger partial charge in [0.05, 0.1) is 49.7 Å². The maximum atomic E-state index is 6.02. The van der Waals surface area contributed by atoms with Crippen molar-refractivity contribution in [1.82, 2.24) is 39.9 Å². The second-order valence-electron chi connectivity index (χ2n) is 13.7. The van der Waals surface area contributed by atoms with E-state index in [0.29, 0.717) is 144 Å². The summed E-state index contributed by atoms with van der Waals surface area (Å²) in [6.07, 6.45) is 0. The van der Waals surface area contributed by atoms with Crippen LogP contribution in [0.2, 0.25) is 0 Å². The third-order valence-corrected chi connectivity index (χ3v) is 9.81. The molecule has 16 nitrogen and oxygen atoms in total. The van der Waals surface area contributed by atoms with Gasteiger partial charge in [-0.3, -0.25) is 0 Å². The Labute approximate surface area is 360 Å². The number of rotatable bonds is 16. The molecule has 8 bridgehead atoms. The van der Waals surface area contributed by atoms with Crippen molar-refractivity contribution < 1.29 is 55.0 Å². The molecule has 0 N–H and O–H groups in total. The molecular weight excluding hydrogens is 832 g/mol. The van der Waals surface area contributed by atoms with Crippen LogP contribution in [0, 0.1) is 0 Å². The van der Waals surface area contributed by atoms with E-state index in [2.05, 4.69) is 0 Å². The minimum atomic E-state index is 0. The van der Waals surface area contributed by atoms with Gasteiger partial charge >= 0.3 is 17.1 Å². The number of hydrogen-bond donors (Lipinski definition) is 0. The molecule has 5 heterocycles. The minimum Gasteiger partial charge on any atom is -0.491 e. The van der Waals surface area contributed by atoms with Gasteiger partial charge in [-0.1, -0.05) is 0 Å². The average Bonchev–Trinajstić information content (AvgIpc) is 3.99. The molecule has 2 aliphatic heterocycles. The molecule has 0 fully saturated rings. The molecule has 315 valence electrons. The number of nitrogens with zero attached hydrogens (tertiary/aromatic N) is 8. The number of hydrogen-bond acceptors (Lipinski definition) is 14. The summed E-state index contributed by atoms with van der Waals surface area (Å²) in [6, 6.07) is 22.8. The molecule has 2 aliphatic rings. The summed E-state index contributed by atoms with van der Waals surface area (Å²) in [5.74, 6) is 4.10. The Hall–Kier alpha value is -6.20. The Bertz CT molecular complexity index is 2690. The van der Waals surface area contributed by atoms with Crippen LogP contribution in [0.15, 0.2) is 72.8 Å². The Morgan fingerprint density at radius 3 is 1.02 bits per heavy atom. The van der Waals surface area contributed by atoms with Crippen LogP contribution in [0.3, 0.4) is 0 Å². The molecule has 7 aromatic rings. The van der Waals surface area contributed by atoms with Crippen LogP contribution in [0.5, 0.6) is 23.0 Å². The van der Waals surface area contributed by atoms with E-state index in [1.54, 1.807) is 28.4 Å². The standard InChI is InChI=1S/C44H40N8O8.Cu/c1-53-13-17-57-25-5-9-29-33(21-25)41-45-37(29)50-42-35-23-27(59-19-15-55-3)7-11-31(35)39(47-42)52-44-36-24-28(60-20-16-56-4)8-12-32(36)40(48-44)51-43-34-22-26(58-18-14-54-2)6-10-30(34)38(46-43)49-41;/h5-12,21-24H,13-20H2,1-4H3;/q-2;+2. The molecule has 1 radical (unpaired) electrons. The number of fused-ring (bicyclic) bond motifs is 20. The molecule has 0 atom stereocenters. The molecule has 0 saturated heterocycles. The van der Waals surface area contributed by atoms with Crippen LogP contribution in [-0.4, -0.2) is 111 Å². The molecule has 4 aromatic carbocycles. The van der Waals surface area contributed by atoms with Gasteiger partial charge in [0, 0.05) is 73.3 Å². The minimum absolute atomic E-state index is 0. The number of aromatic nitrogens is 8. The van der Waals surface area contributed by atoms with E-state index in [9.17, 15) is 0 Å². The first kappa shape index (κ1) is 41.5. The van der Waals surface area contributed by atoms with Crippen molar-refractivity contribution in [2.75, 3.05) is 81.3 Å². The van der Waals surface area contributed by atoms with Crippen molar-refractivity contribution in [1.29, 1.82) is 0 Å².